The van der Waals surface area contributed by atoms with Crippen LogP contribution in [-0.2, 0) is 6.54 Å². The maximum Gasteiger partial charge on any atom is 0.319 e. The van der Waals surface area contributed by atoms with Crippen LogP contribution in [0.3, 0.4) is 0 Å². The summed E-state index contributed by atoms with van der Waals surface area (Å²) < 4.78 is 10.9. The van der Waals surface area contributed by atoms with Gasteiger partial charge in [0, 0.05) is 18.9 Å². The molecule has 0 spiro atoms. The molecule has 2 aliphatic heterocycles. The fourth-order valence-corrected chi connectivity index (χ4v) is 4.75. The molecule has 2 fully saturated rings. The van der Waals surface area contributed by atoms with Crippen molar-refractivity contribution in [2.24, 2.45) is 0 Å². The minimum absolute atomic E-state index is 0.156. The molecule has 6 heteroatoms. The van der Waals surface area contributed by atoms with Gasteiger partial charge in [-0.15, -0.1) is 0 Å². The summed E-state index contributed by atoms with van der Waals surface area (Å²) in [5.41, 5.74) is 0.693. The van der Waals surface area contributed by atoms with Gasteiger partial charge in [0.05, 0.1) is 31.1 Å². The monoisotopic (exact) mass is 370 g/mol. The molecule has 2 aliphatic rings. The first-order chi connectivity index (χ1) is 13.2. The molecule has 3 N–H and O–H groups in total. The largest absolute Gasteiger partial charge is 0.495 e. The van der Waals surface area contributed by atoms with Crippen LogP contribution in [0.5, 0.6) is 5.75 Å². The molecule has 2 amide bonds. The molecule has 3 heterocycles. The number of methoxy groups -OCH3 is 1. The highest BCUT2D eigenvalue weighted by molar-refractivity contribution is 5.91. The summed E-state index contributed by atoms with van der Waals surface area (Å²) in [5.74, 6) is 1.73. The molecule has 2 bridgehead atoms. The molecule has 4 atom stereocenters. The summed E-state index contributed by atoms with van der Waals surface area (Å²) in [5, 5.41) is 6.11. The van der Waals surface area contributed by atoms with Crippen LogP contribution in [0, 0.1) is 0 Å². The normalized spacial score (nSPS) is 27.0. The highest BCUT2D eigenvalue weighted by Gasteiger charge is 2.42. The van der Waals surface area contributed by atoms with Crippen LogP contribution < -0.4 is 20.3 Å². The molecule has 144 valence electrons. The number of amides is 2. The summed E-state index contributed by atoms with van der Waals surface area (Å²) in [6.45, 7) is 0.947. The average molecular weight is 370 g/mol. The second kappa shape index (κ2) is 8.05. The molecule has 0 radical (unpaired) electrons. The molecule has 2 aromatic rings. The van der Waals surface area contributed by atoms with Gasteiger partial charge in [-0.1, -0.05) is 12.1 Å². The van der Waals surface area contributed by atoms with E-state index in [1.54, 1.807) is 18.3 Å². The van der Waals surface area contributed by atoms with E-state index < -0.39 is 0 Å². The number of para-hydroxylation sites is 2. The maximum absolute atomic E-state index is 12.5. The van der Waals surface area contributed by atoms with E-state index in [0.29, 0.717) is 23.5 Å². The number of hydrogen-bond donors (Lipinski definition) is 3. The molecular weight excluding hydrogens is 342 g/mol. The Labute approximate surface area is 159 Å². The van der Waals surface area contributed by atoms with Crippen LogP contribution in [0.2, 0.25) is 0 Å². The SMILES string of the molecule is COc1ccccc1NC(=O)NC1C[C@H]2CCC[C@@H](C1)[NH+]2Cc1ccco1. The first-order valence-corrected chi connectivity index (χ1v) is 9.81. The van der Waals surface area contributed by atoms with Gasteiger partial charge >= 0.3 is 6.03 Å². The number of urea groups is 1. The molecule has 0 aliphatic carbocycles. The van der Waals surface area contributed by atoms with Crippen molar-refractivity contribution in [3.8, 4) is 5.75 Å². The van der Waals surface area contributed by atoms with Gasteiger partial charge in [0.2, 0.25) is 0 Å². The van der Waals surface area contributed by atoms with Crippen molar-refractivity contribution < 1.29 is 18.8 Å². The number of carbonyl (C=O) groups excluding carboxylic acids is 1. The molecule has 1 aromatic carbocycles. The van der Waals surface area contributed by atoms with Crippen molar-refractivity contribution in [3.05, 3.63) is 48.4 Å². The fourth-order valence-electron chi connectivity index (χ4n) is 4.75. The summed E-state index contributed by atoms with van der Waals surface area (Å²) in [6.07, 6.45) is 7.52. The zero-order valence-electron chi connectivity index (χ0n) is 15.7. The highest BCUT2D eigenvalue weighted by Crippen LogP contribution is 2.25. The quantitative estimate of drug-likeness (QED) is 0.758. The van der Waals surface area contributed by atoms with Gasteiger partial charge in [0.1, 0.15) is 12.3 Å². The number of quaternary nitrogens is 1. The molecule has 27 heavy (non-hydrogen) atoms. The number of anilines is 1. The predicted octanol–water partition coefficient (Wildman–Crippen LogP) is 2.58. The van der Waals surface area contributed by atoms with E-state index in [9.17, 15) is 4.79 Å². The lowest BCUT2D eigenvalue weighted by atomic mass is 9.81. The Balaban J connectivity index is 1.36. The third-order valence-electron chi connectivity index (χ3n) is 5.94. The van der Waals surface area contributed by atoms with Gasteiger partial charge in [0.25, 0.3) is 0 Å². The van der Waals surface area contributed by atoms with Crippen molar-refractivity contribution in [3.63, 3.8) is 0 Å². The third-order valence-corrected chi connectivity index (χ3v) is 5.94. The lowest BCUT2D eigenvalue weighted by Gasteiger charge is -2.45. The first kappa shape index (κ1) is 17.9. The van der Waals surface area contributed by atoms with Gasteiger partial charge in [-0.05, 0) is 43.5 Å². The Morgan fingerprint density at radius 1 is 1.19 bits per heavy atom. The number of benzene rings is 1. The minimum Gasteiger partial charge on any atom is -0.495 e. The second-order valence-electron chi connectivity index (χ2n) is 7.62. The van der Waals surface area contributed by atoms with E-state index in [2.05, 4.69) is 16.7 Å². The maximum atomic E-state index is 12.5. The summed E-state index contributed by atoms with van der Waals surface area (Å²) in [6, 6.07) is 12.7. The molecule has 0 saturated carbocycles. The van der Waals surface area contributed by atoms with Gasteiger partial charge in [-0.3, -0.25) is 0 Å². The van der Waals surface area contributed by atoms with Crippen LogP contribution in [0.15, 0.2) is 47.1 Å². The van der Waals surface area contributed by atoms with E-state index in [4.69, 9.17) is 9.15 Å². The van der Waals surface area contributed by atoms with Crippen molar-refractivity contribution in [2.45, 2.75) is 56.8 Å². The van der Waals surface area contributed by atoms with Crippen molar-refractivity contribution >= 4 is 11.7 Å². The standard InChI is InChI=1S/C21H27N3O3/c1-26-20-10-3-2-9-19(20)23-21(25)22-15-12-16-6-4-7-17(13-15)24(16)14-18-8-5-11-27-18/h2-3,5,8-11,15-17H,4,6-7,12-14H2,1H3,(H2,22,23,25)/p+1/t15?,16-,17+. The minimum atomic E-state index is -0.156. The number of hydrogen-bond acceptors (Lipinski definition) is 3. The second-order valence-corrected chi connectivity index (χ2v) is 7.62. The van der Waals surface area contributed by atoms with Crippen LogP contribution in [0.4, 0.5) is 10.5 Å². The number of nitrogens with one attached hydrogen (secondary N) is 3. The van der Waals surface area contributed by atoms with Gasteiger partial charge in [-0.2, -0.15) is 0 Å². The Morgan fingerprint density at radius 2 is 1.96 bits per heavy atom. The first-order valence-electron chi connectivity index (χ1n) is 9.81. The van der Waals surface area contributed by atoms with Crippen molar-refractivity contribution in [1.29, 1.82) is 0 Å². The Morgan fingerprint density at radius 3 is 2.67 bits per heavy atom. The molecular formula is C21H28N3O3+. The van der Waals surface area contributed by atoms with Gasteiger partial charge in [0.15, 0.2) is 5.76 Å². The third kappa shape index (κ3) is 4.11. The molecule has 2 unspecified atom stereocenters. The number of rotatable bonds is 5. The Hall–Kier alpha value is -2.47. The number of piperidine rings is 2. The van der Waals surface area contributed by atoms with E-state index in [1.807, 2.05) is 30.3 Å². The van der Waals surface area contributed by atoms with Crippen molar-refractivity contribution in [1.82, 2.24) is 5.32 Å². The molecule has 1 aromatic heterocycles. The molecule has 4 rings (SSSR count). The average Bonchev–Trinajstić information content (AvgIpc) is 3.16. The van der Waals surface area contributed by atoms with Crippen LogP contribution in [0.25, 0.3) is 0 Å². The number of carbonyl (C=O) groups is 1. The Kier molecular flexibility index (Phi) is 5.34. The summed E-state index contributed by atoms with van der Waals surface area (Å²) in [7, 11) is 1.61. The Bertz CT molecular complexity index is 748. The highest BCUT2D eigenvalue weighted by atomic mass is 16.5. The van der Waals surface area contributed by atoms with Crippen LogP contribution in [0.1, 0.15) is 37.9 Å². The fraction of sp³-hybridized carbons (Fsp3) is 0.476. The topological polar surface area (TPSA) is 67.9 Å². The van der Waals surface area contributed by atoms with E-state index in [0.717, 1.165) is 25.1 Å². The predicted molar refractivity (Wildman–Crippen MR) is 103 cm³/mol. The van der Waals surface area contributed by atoms with E-state index in [-0.39, 0.29) is 12.1 Å². The number of ether oxygens (including phenoxy) is 1. The van der Waals surface area contributed by atoms with Gasteiger partial charge in [-0.25, -0.2) is 4.79 Å². The van der Waals surface area contributed by atoms with Crippen LogP contribution in [-0.4, -0.2) is 31.3 Å². The van der Waals surface area contributed by atoms with Crippen LogP contribution >= 0.6 is 0 Å². The van der Waals surface area contributed by atoms with Crippen molar-refractivity contribution in [2.75, 3.05) is 12.4 Å². The smallest absolute Gasteiger partial charge is 0.319 e. The van der Waals surface area contributed by atoms with Gasteiger partial charge < -0.3 is 24.7 Å². The summed E-state index contributed by atoms with van der Waals surface area (Å²) in [4.78, 5) is 14.1. The molecule has 2 saturated heterocycles. The lowest BCUT2D eigenvalue weighted by Crippen LogP contribution is -3.20. The van der Waals surface area contributed by atoms with E-state index in [1.165, 1.54) is 19.3 Å². The number of fused-ring (bicyclic) bond motifs is 2. The van der Waals surface area contributed by atoms with E-state index >= 15 is 0 Å². The lowest BCUT2D eigenvalue weighted by molar-refractivity contribution is -0.974. The summed E-state index contributed by atoms with van der Waals surface area (Å²) >= 11 is 0. The zero-order chi connectivity index (χ0) is 18.6. The molecule has 6 nitrogen and oxygen atoms in total. The number of furan rings is 1. The zero-order valence-corrected chi connectivity index (χ0v) is 15.7.